The molecule has 3 rings (SSSR count). The van der Waals surface area contributed by atoms with Crippen LogP contribution in [0.1, 0.15) is 0 Å². The molecular weight excluding hydrogens is 400 g/mol. The Hall–Kier alpha value is -2.66. The number of nitrogens with two attached hydrogens (primary N) is 1. The number of hydrogen-bond acceptors (Lipinski definition) is 6. The fourth-order valence-electron chi connectivity index (χ4n) is 3.07. The summed E-state index contributed by atoms with van der Waals surface area (Å²) >= 11 is 0. The van der Waals surface area contributed by atoms with Gasteiger partial charge in [-0.1, -0.05) is 18.2 Å². The van der Waals surface area contributed by atoms with Gasteiger partial charge in [0.2, 0.25) is 5.95 Å². The van der Waals surface area contributed by atoms with Crippen molar-refractivity contribution in [2.75, 3.05) is 25.0 Å². The van der Waals surface area contributed by atoms with Crippen LogP contribution in [0.15, 0.2) is 39.9 Å². The second-order valence-electron chi connectivity index (χ2n) is 6.58. The van der Waals surface area contributed by atoms with Gasteiger partial charge < -0.3 is 37.8 Å². The van der Waals surface area contributed by atoms with Crippen LogP contribution in [-0.4, -0.2) is 54.7 Å². The average Bonchev–Trinajstić information content (AvgIpc) is 3.06. The summed E-state index contributed by atoms with van der Waals surface area (Å²) in [6.07, 6.45) is -0.769. The van der Waals surface area contributed by atoms with E-state index in [-0.39, 0.29) is 43.3 Å². The topological polar surface area (TPSA) is 131 Å². The van der Waals surface area contributed by atoms with E-state index < -0.39 is 17.4 Å². The first-order valence-electron chi connectivity index (χ1n) is 9.01. The number of quaternary nitrogens is 1. The van der Waals surface area contributed by atoms with E-state index in [1.54, 1.807) is 4.57 Å². The largest absolute Gasteiger partial charge is 1.00 e. The summed E-state index contributed by atoms with van der Waals surface area (Å²) in [4.78, 5) is 29.2. The molecule has 0 amide bonds. The fraction of sp³-hybridized carbons (Fsp3) is 0.389. The highest BCUT2D eigenvalue weighted by Crippen LogP contribution is 2.16. The van der Waals surface area contributed by atoms with E-state index in [1.807, 2.05) is 35.6 Å². The van der Waals surface area contributed by atoms with Crippen molar-refractivity contribution in [3.05, 3.63) is 51.2 Å². The molecule has 158 valence electrons. The number of fused-ring (bicyclic) bond motifs is 1. The highest BCUT2D eigenvalue weighted by atomic mass is 35.5. The maximum atomic E-state index is 12.7. The van der Waals surface area contributed by atoms with E-state index in [2.05, 4.69) is 10.3 Å². The quantitative estimate of drug-likeness (QED) is 0.268. The maximum absolute atomic E-state index is 12.7. The van der Waals surface area contributed by atoms with Crippen molar-refractivity contribution in [1.82, 2.24) is 18.7 Å². The molecule has 0 saturated carbocycles. The molecular formula is C18H25ClN6O4. The standard InChI is InChI=1S/C18H24N6O4.ClH/c1-22-15-14(16(27)23(2)18(22)28)24(17(21-15)19-8-9-25)11-13(26)10-20-12-6-4-3-5-7-12;/h3-7,13,20,25-26H,8-11H2,1-2H3,(H,19,21);1H. The molecule has 2 aromatic heterocycles. The van der Waals surface area contributed by atoms with Crippen LogP contribution in [0.25, 0.3) is 11.2 Å². The molecule has 11 heteroatoms. The van der Waals surface area contributed by atoms with Gasteiger partial charge in [0.15, 0.2) is 11.2 Å². The molecule has 10 nitrogen and oxygen atoms in total. The molecule has 0 fully saturated rings. The zero-order valence-electron chi connectivity index (χ0n) is 16.2. The minimum absolute atomic E-state index is 0. The number of aliphatic hydroxyl groups is 2. The number of aliphatic hydroxyl groups excluding tert-OH is 2. The van der Waals surface area contributed by atoms with Crippen LogP contribution in [0.2, 0.25) is 0 Å². The Morgan fingerprint density at radius 3 is 2.52 bits per heavy atom. The third-order valence-electron chi connectivity index (χ3n) is 4.56. The normalized spacial score (nSPS) is 12.0. The molecule has 0 aliphatic heterocycles. The van der Waals surface area contributed by atoms with Crippen LogP contribution in [0, 0.1) is 0 Å². The summed E-state index contributed by atoms with van der Waals surface area (Å²) < 4.78 is 3.87. The van der Waals surface area contributed by atoms with E-state index in [4.69, 9.17) is 5.11 Å². The third kappa shape index (κ3) is 4.67. The van der Waals surface area contributed by atoms with Crippen molar-refractivity contribution in [2.24, 2.45) is 14.1 Å². The first kappa shape index (κ1) is 22.6. The van der Waals surface area contributed by atoms with Gasteiger partial charge in [0.1, 0.15) is 18.3 Å². The van der Waals surface area contributed by atoms with Gasteiger partial charge in [-0.25, -0.2) is 4.79 Å². The molecule has 1 aromatic carbocycles. The van der Waals surface area contributed by atoms with Gasteiger partial charge in [-0.3, -0.25) is 13.9 Å². The van der Waals surface area contributed by atoms with Gasteiger partial charge in [0, 0.05) is 20.6 Å². The molecule has 1 unspecified atom stereocenters. The van der Waals surface area contributed by atoms with Gasteiger partial charge in [0.25, 0.3) is 5.56 Å². The fourth-order valence-corrected chi connectivity index (χ4v) is 3.07. The SMILES string of the molecule is Cn1c(=O)c2c(nc(NCCO)n2CC(O)C[NH2+]c2ccccc2)n(C)c1=O.[Cl-]. The predicted octanol–water partition coefficient (Wildman–Crippen LogP) is -4.90. The minimum Gasteiger partial charge on any atom is -1.00 e. The first-order valence-corrected chi connectivity index (χ1v) is 9.01. The van der Waals surface area contributed by atoms with Crippen LogP contribution in [0.4, 0.5) is 11.6 Å². The number of hydrogen-bond donors (Lipinski definition) is 4. The lowest BCUT2D eigenvalue weighted by Crippen LogP contribution is -3.00. The lowest BCUT2D eigenvalue weighted by molar-refractivity contribution is -0.580. The Labute approximate surface area is 172 Å². The summed E-state index contributed by atoms with van der Waals surface area (Å²) in [5.74, 6) is 0.320. The Kier molecular flexibility index (Phi) is 7.57. The molecule has 0 spiro atoms. The van der Waals surface area contributed by atoms with Crippen molar-refractivity contribution in [3.63, 3.8) is 0 Å². The van der Waals surface area contributed by atoms with Crippen LogP contribution >= 0.6 is 0 Å². The van der Waals surface area contributed by atoms with Crippen molar-refractivity contribution in [3.8, 4) is 0 Å². The number of benzene rings is 1. The van der Waals surface area contributed by atoms with E-state index in [0.717, 1.165) is 10.3 Å². The average molecular weight is 425 g/mol. The summed E-state index contributed by atoms with van der Waals surface area (Å²) in [5.41, 5.74) is 0.487. The van der Waals surface area contributed by atoms with Crippen molar-refractivity contribution >= 4 is 22.8 Å². The van der Waals surface area contributed by atoms with Crippen LogP contribution in [0.3, 0.4) is 0 Å². The summed E-state index contributed by atoms with van der Waals surface area (Å²) in [7, 11) is 2.94. The number of imidazole rings is 1. The van der Waals surface area contributed by atoms with Crippen molar-refractivity contribution in [1.29, 1.82) is 0 Å². The Morgan fingerprint density at radius 1 is 1.17 bits per heavy atom. The number of anilines is 1. The third-order valence-corrected chi connectivity index (χ3v) is 4.56. The molecule has 0 aliphatic rings. The summed E-state index contributed by atoms with van der Waals surface area (Å²) in [6, 6.07) is 9.65. The predicted molar refractivity (Wildman–Crippen MR) is 105 cm³/mol. The minimum atomic E-state index is -0.769. The molecule has 0 aliphatic carbocycles. The maximum Gasteiger partial charge on any atom is 0.332 e. The monoisotopic (exact) mass is 424 g/mol. The Morgan fingerprint density at radius 2 is 1.86 bits per heavy atom. The molecule has 1 atom stereocenters. The smallest absolute Gasteiger partial charge is 0.332 e. The van der Waals surface area contributed by atoms with Gasteiger partial charge in [-0.2, -0.15) is 4.98 Å². The molecule has 0 bridgehead atoms. The Balaban J connectivity index is 0.00000300. The van der Waals surface area contributed by atoms with Crippen LogP contribution in [0.5, 0.6) is 0 Å². The number of nitrogens with one attached hydrogen (secondary N) is 1. The summed E-state index contributed by atoms with van der Waals surface area (Å²) in [5, 5.41) is 24.5. The highest BCUT2D eigenvalue weighted by Gasteiger charge is 2.21. The lowest BCUT2D eigenvalue weighted by atomic mass is 10.3. The van der Waals surface area contributed by atoms with Gasteiger partial charge in [-0.15, -0.1) is 0 Å². The van der Waals surface area contributed by atoms with E-state index in [0.29, 0.717) is 12.5 Å². The molecule has 0 saturated heterocycles. The van der Waals surface area contributed by atoms with Crippen molar-refractivity contribution in [2.45, 2.75) is 12.6 Å². The summed E-state index contributed by atoms with van der Waals surface area (Å²) in [6.45, 7) is 0.602. The highest BCUT2D eigenvalue weighted by molar-refractivity contribution is 5.74. The molecule has 5 N–H and O–H groups in total. The first-order chi connectivity index (χ1) is 13.4. The zero-order chi connectivity index (χ0) is 20.3. The number of para-hydroxylation sites is 1. The molecule has 2 heterocycles. The van der Waals surface area contributed by atoms with Gasteiger partial charge >= 0.3 is 5.69 Å². The second kappa shape index (κ2) is 9.70. The van der Waals surface area contributed by atoms with E-state index in [9.17, 15) is 14.7 Å². The number of aromatic nitrogens is 4. The molecule has 0 radical (unpaired) electrons. The van der Waals surface area contributed by atoms with E-state index in [1.165, 1.54) is 18.7 Å². The molecule has 29 heavy (non-hydrogen) atoms. The number of rotatable bonds is 8. The number of aryl methyl sites for hydroxylation is 1. The van der Waals surface area contributed by atoms with Gasteiger partial charge in [0.05, 0.1) is 13.2 Å². The number of nitrogens with zero attached hydrogens (tertiary/aromatic N) is 4. The van der Waals surface area contributed by atoms with Crippen molar-refractivity contribution < 1.29 is 27.9 Å². The van der Waals surface area contributed by atoms with Crippen LogP contribution < -0.4 is 34.3 Å². The second-order valence-corrected chi connectivity index (χ2v) is 6.58. The Bertz CT molecular complexity index is 1080. The molecule has 3 aromatic rings. The van der Waals surface area contributed by atoms with E-state index >= 15 is 0 Å². The van der Waals surface area contributed by atoms with Gasteiger partial charge in [-0.05, 0) is 12.1 Å². The van der Waals surface area contributed by atoms with Crippen LogP contribution in [-0.2, 0) is 20.6 Å². The number of halogens is 1. The lowest BCUT2D eigenvalue weighted by Gasteiger charge is -2.14. The zero-order valence-corrected chi connectivity index (χ0v) is 17.0.